The van der Waals surface area contributed by atoms with Gasteiger partial charge >= 0.3 is 0 Å². The zero-order valence-electron chi connectivity index (χ0n) is 12.7. The van der Waals surface area contributed by atoms with Crippen LogP contribution in [0, 0.1) is 5.41 Å². The summed E-state index contributed by atoms with van der Waals surface area (Å²) in [4.78, 5) is 0. The molecule has 0 aliphatic rings. The molecule has 0 aromatic carbocycles. The first-order chi connectivity index (χ1) is 7.76. The van der Waals surface area contributed by atoms with Crippen LogP contribution in [-0.2, 0) is 9.47 Å². The second-order valence-corrected chi connectivity index (χ2v) is 5.94. The van der Waals surface area contributed by atoms with Crippen LogP contribution >= 0.6 is 0 Å². The Labute approximate surface area is 107 Å². The third kappa shape index (κ3) is 9.37. The summed E-state index contributed by atoms with van der Waals surface area (Å²) in [5.41, 5.74) is 1.58. The van der Waals surface area contributed by atoms with Gasteiger partial charge in [-0.3, -0.25) is 0 Å². The molecule has 102 valence electrons. The van der Waals surface area contributed by atoms with E-state index < -0.39 is 0 Å². The van der Waals surface area contributed by atoms with Crippen LogP contribution in [0.5, 0.6) is 0 Å². The molecule has 0 aromatic rings. The number of hydrogen-bond acceptors (Lipinski definition) is 2. The van der Waals surface area contributed by atoms with E-state index in [1.807, 2.05) is 19.9 Å². The van der Waals surface area contributed by atoms with Crippen LogP contribution in [0.15, 0.2) is 11.6 Å². The van der Waals surface area contributed by atoms with Crippen molar-refractivity contribution >= 4 is 0 Å². The molecular formula is C15H30O2. The van der Waals surface area contributed by atoms with Gasteiger partial charge in [-0.1, -0.05) is 32.8 Å². The Balaban J connectivity index is 4.13. The van der Waals surface area contributed by atoms with Gasteiger partial charge in [0.2, 0.25) is 0 Å². The van der Waals surface area contributed by atoms with E-state index in [9.17, 15) is 0 Å². The van der Waals surface area contributed by atoms with Crippen LogP contribution in [0.1, 0.15) is 61.3 Å². The molecule has 0 bridgehead atoms. The van der Waals surface area contributed by atoms with Gasteiger partial charge in [0.15, 0.2) is 6.29 Å². The molecule has 1 atom stereocenters. The van der Waals surface area contributed by atoms with Crippen LogP contribution < -0.4 is 0 Å². The van der Waals surface area contributed by atoms with E-state index >= 15 is 0 Å². The molecular weight excluding hydrogens is 212 g/mol. The average Bonchev–Trinajstić information content (AvgIpc) is 2.15. The monoisotopic (exact) mass is 242 g/mol. The van der Waals surface area contributed by atoms with E-state index in [1.54, 1.807) is 0 Å². The fourth-order valence-corrected chi connectivity index (χ4v) is 1.30. The Morgan fingerprint density at radius 2 is 1.82 bits per heavy atom. The van der Waals surface area contributed by atoms with Gasteiger partial charge in [0.1, 0.15) is 0 Å². The zero-order chi connectivity index (χ0) is 13.5. The van der Waals surface area contributed by atoms with Gasteiger partial charge < -0.3 is 9.47 Å². The van der Waals surface area contributed by atoms with Crippen molar-refractivity contribution in [2.45, 2.75) is 73.7 Å². The molecule has 17 heavy (non-hydrogen) atoms. The molecule has 0 aliphatic heterocycles. The molecule has 0 saturated carbocycles. The summed E-state index contributed by atoms with van der Waals surface area (Å²) in [6.45, 7) is 15.7. The molecule has 0 aliphatic carbocycles. The maximum Gasteiger partial charge on any atom is 0.177 e. The molecule has 0 radical (unpaired) electrons. The minimum atomic E-state index is -0.201. The molecule has 0 N–H and O–H groups in total. The quantitative estimate of drug-likeness (QED) is 0.459. The number of hydrogen-bond donors (Lipinski definition) is 0. The molecule has 0 aromatic heterocycles. The first-order valence-electron chi connectivity index (χ1n) is 6.69. The summed E-state index contributed by atoms with van der Waals surface area (Å²) in [6.07, 6.45) is 4.27. The minimum Gasteiger partial charge on any atom is -0.349 e. The Kier molecular flexibility index (Phi) is 7.73. The Hall–Kier alpha value is -0.340. The molecule has 0 spiro atoms. The van der Waals surface area contributed by atoms with E-state index in [2.05, 4.69) is 34.6 Å². The summed E-state index contributed by atoms with van der Waals surface area (Å²) in [5.74, 6) is 0. The maximum absolute atomic E-state index is 5.80. The highest BCUT2D eigenvalue weighted by atomic mass is 16.7. The zero-order valence-corrected chi connectivity index (χ0v) is 12.7. The van der Waals surface area contributed by atoms with Crippen molar-refractivity contribution < 1.29 is 9.47 Å². The van der Waals surface area contributed by atoms with Gasteiger partial charge in [-0.15, -0.1) is 0 Å². The van der Waals surface area contributed by atoms with E-state index in [1.165, 1.54) is 12.0 Å². The predicted molar refractivity (Wildman–Crippen MR) is 74.1 cm³/mol. The lowest BCUT2D eigenvalue weighted by atomic mass is 9.87. The Morgan fingerprint density at radius 3 is 2.24 bits per heavy atom. The SMILES string of the molecule is CCC(C)(C)CCOC(C=C(C)C)OC(C)C. The second-order valence-electron chi connectivity index (χ2n) is 5.94. The summed E-state index contributed by atoms with van der Waals surface area (Å²) in [5, 5.41) is 0. The van der Waals surface area contributed by atoms with E-state index in [4.69, 9.17) is 9.47 Å². The van der Waals surface area contributed by atoms with Crippen molar-refractivity contribution in [2.75, 3.05) is 6.61 Å². The number of rotatable bonds is 8. The van der Waals surface area contributed by atoms with Crippen LogP contribution in [0.3, 0.4) is 0 Å². The summed E-state index contributed by atoms with van der Waals surface area (Å²) >= 11 is 0. The van der Waals surface area contributed by atoms with Crippen molar-refractivity contribution in [1.82, 2.24) is 0 Å². The number of ether oxygens (including phenoxy) is 2. The Morgan fingerprint density at radius 1 is 1.24 bits per heavy atom. The fourth-order valence-electron chi connectivity index (χ4n) is 1.30. The van der Waals surface area contributed by atoms with Crippen LogP contribution in [0.4, 0.5) is 0 Å². The van der Waals surface area contributed by atoms with Crippen LogP contribution in [0.25, 0.3) is 0 Å². The topological polar surface area (TPSA) is 18.5 Å². The molecule has 1 unspecified atom stereocenters. The average molecular weight is 242 g/mol. The molecule has 0 rings (SSSR count). The summed E-state index contributed by atoms with van der Waals surface area (Å²) in [6, 6.07) is 0. The smallest absolute Gasteiger partial charge is 0.177 e. The molecule has 2 nitrogen and oxygen atoms in total. The second kappa shape index (κ2) is 7.88. The van der Waals surface area contributed by atoms with Gasteiger partial charge in [0, 0.05) is 0 Å². The van der Waals surface area contributed by atoms with Gasteiger partial charge in [0.25, 0.3) is 0 Å². The normalized spacial score (nSPS) is 13.9. The highest BCUT2D eigenvalue weighted by molar-refractivity contribution is 4.95. The van der Waals surface area contributed by atoms with Crippen LogP contribution in [0.2, 0.25) is 0 Å². The van der Waals surface area contributed by atoms with Gasteiger partial charge in [-0.05, 0) is 45.6 Å². The first kappa shape index (κ1) is 16.7. The molecule has 0 saturated heterocycles. The van der Waals surface area contributed by atoms with Gasteiger partial charge in [0.05, 0.1) is 12.7 Å². The maximum atomic E-state index is 5.80. The third-order valence-corrected chi connectivity index (χ3v) is 2.89. The summed E-state index contributed by atoms with van der Waals surface area (Å²) in [7, 11) is 0. The third-order valence-electron chi connectivity index (χ3n) is 2.89. The van der Waals surface area contributed by atoms with E-state index in [0.29, 0.717) is 5.41 Å². The first-order valence-corrected chi connectivity index (χ1v) is 6.69. The summed E-state index contributed by atoms with van der Waals surface area (Å²) < 4.78 is 11.5. The van der Waals surface area contributed by atoms with E-state index in [0.717, 1.165) is 13.0 Å². The van der Waals surface area contributed by atoms with Crippen molar-refractivity contribution in [3.8, 4) is 0 Å². The molecule has 0 amide bonds. The molecule has 0 heterocycles. The standard InChI is InChI=1S/C15H30O2/c1-8-15(6,7)9-10-16-14(11-12(2)3)17-13(4)5/h11,13-14H,8-10H2,1-7H3. The van der Waals surface area contributed by atoms with Gasteiger partial charge in [-0.25, -0.2) is 0 Å². The van der Waals surface area contributed by atoms with Crippen molar-refractivity contribution in [3.05, 3.63) is 11.6 Å². The van der Waals surface area contributed by atoms with Gasteiger partial charge in [-0.2, -0.15) is 0 Å². The van der Waals surface area contributed by atoms with Crippen molar-refractivity contribution in [1.29, 1.82) is 0 Å². The van der Waals surface area contributed by atoms with Crippen molar-refractivity contribution in [2.24, 2.45) is 5.41 Å². The highest BCUT2D eigenvalue weighted by Gasteiger charge is 2.16. The Bertz CT molecular complexity index is 225. The lowest BCUT2D eigenvalue weighted by Gasteiger charge is -2.24. The largest absolute Gasteiger partial charge is 0.349 e. The number of allylic oxidation sites excluding steroid dienone is 1. The lowest BCUT2D eigenvalue weighted by Crippen LogP contribution is -2.22. The minimum absolute atomic E-state index is 0.190. The molecule has 2 heteroatoms. The molecule has 0 fully saturated rings. The highest BCUT2D eigenvalue weighted by Crippen LogP contribution is 2.24. The van der Waals surface area contributed by atoms with Crippen molar-refractivity contribution in [3.63, 3.8) is 0 Å². The fraction of sp³-hybridized carbons (Fsp3) is 0.867. The lowest BCUT2D eigenvalue weighted by molar-refractivity contribution is -0.137. The predicted octanol–water partition coefficient (Wildman–Crippen LogP) is 4.55. The van der Waals surface area contributed by atoms with Crippen LogP contribution in [-0.4, -0.2) is 19.0 Å². The van der Waals surface area contributed by atoms with E-state index in [-0.39, 0.29) is 12.4 Å².